The van der Waals surface area contributed by atoms with Crippen LogP contribution >= 0.6 is 0 Å². The Bertz CT molecular complexity index is 403. The molecule has 0 aromatic rings. The Balaban J connectivity index is 1.75. The number of nitrogens with one attached hydrogen (secondary N) is 2. The summed E-state index contributed by atoms with van der Waals surface area (Å²) in [6, 6.07) is 0.604. The third-order valence-corrected chi connectivity index (χ3v) is 4.25. The minimum absolute atomic E-state index is 0.310. The summed E-state index contributed by atoms with van der Waals surface area (Å²) in [6.07, 6.45) is 10.2. The summed E-state index contributed by atoms with van der Waals surface area (Å²) in [6.45, 7) is 6.28. The van der Waals surface area contributed by atoms with Gasteiger partial charge in [-0.3, -0.25) is 0 Å². The summed E-state index contributed by atoms with van der Waals surface area (Å²) >= 11 is 0. The fraction of sp³-hybridized carbons (Fsp3) is 0.706. The van der Waals surface area contributed by atoms with Crippen molar-refractivity contribution in [2.45, 2.75) is 64.3 Å². The molecule has 4 nitrogen and oxygen atoms in total. The maximum atomic E-state index is 11.3. The van der Waals surface area contributed by atoms with Gasteiger partial charge in [0.25, 0.3) is 0 Å². The fourth-order valence-electron chi connectivity index (χ4n) is 2.78. The molecule has 4 heteroatoms. The largest absolute Gasteiger partial charge is 0.460 e. The smallest absolute Gasteiger partial charge is 0.333 e. The average molecular weight is 292 g/mol. The van der Waals surface area contributed by atoms with Crippen LogP contribution < -0.4 is 10.6 Å². The van der Waals surface area contributed by atoms with Gasteiger partial charge in [-0.15, -0.1) is 0 Å². The zero-order chi connectivity index (χ0) is 15.1. The van der Waals surface area contributed by atoms with E-state index in [1.807, 2.05) is 0 Å². The molecule has 2 aliphatic carbocycles. The van der Waals surface area contributed by atoms with Gasteiger partial charge in [0, 0.05) is 11.6 Å². The van der Waals surface area contributed by atoms with Crippen LogP contribution in [0.5, 0.6) is 0 Å². The number of esters is 1. The molecular formula is C17H28N2O2. The molecule has 2 N–H and O–H groups in total. The van der Waals surface area contributed by atoms with E-state index < -0.39 is 0 Å². The Kier molecular flexibility index (Phi) is 6.15. The Morgan fingerprint density at radius 3 is 2.52 bits per heavy atom. The van der Waals surface area contributed by atoms with Crippen molar-refractivity contribution in [1.29, 1.82) is 0 Å². The molecule has 0 spiro atoms. The van der Waals surface area contributed by atoms with E-state index >= 15 is 0 Å². The molecule has 0 aromatic heterocycles. The molecule has 2 saturated carbocycles. The predicted octanol–water partition coefficient (Wildman–Crippen LogP) is 3.01. The van der Waals surface area contributed by atoms with Gasteiger partial charge in [0.05, 0.1) is 12.4 Å². The number of carbonyl (C=O) groups excluding carboxylic acids is 1. The van der Waals surface area contributed by atoms with E-state index in [2.05, 4.69) is 17.2 Å². The first kappa shape index (κ1) is 15.9. The maximum absolute atomic E-state index is 11.3. The van der Waals surface area contributed by atoms with Crippen LogP contribution in [0, 0.1) is 0 Å². The van der Waals surface area contributed by atoms with Crippen molar-refractivity contribution in [3.05, 3.63) is 23.5 Å². The van der Waals surface area contributed by atoms with Crippen LogP contribution in [0.3, 0.4) is 0 Å². The second-order valence-electron chi connectivity index (χ2n) is 6.15. The molecule has 2 aliphatic rings. The third kappa shape index (κ3) is 5.10. The number of hydrogen-bond acceptors (Lipinski definition) is 4. The van der Waals surface area contributed by atoms with Crippen LogP contribution in [0.4, 0.5) is 0 Å². The van der Waals surface area contributed by atoms with Gasteiger partial charge in [-0.2, -0.15) is 0 Å². The highest BCUT2D eigenvalue weighted by molar-refractivity contribution is 5.86. The molecule has 2 fully saturated rings. The van der Waals surface area contributed by atoms with Crippen molar-refractivity contribution >= 4 is 5.97 Å². The minimum atomic E-state index is -0.310. The van der Waals surface area contributed by atoms with Gasteiger partial charge >= 0.3 is 5.97 Å². The van der Waals surface area contributed by atoms with E-state index in [4.69, 9.17) is 4.74 Å². The lowest BCUT2D eigenvalue weighted by atomic mass is 9.91. The topological polar surface area (TPSA) is 50.4 Å². The lowest BCUT2D eigenvalue weighted by molar-refractivity contribution is -0.138. The van der Waals surface area contributed by atoms with Crippen molar-refractivity contribution < 1.29 is 9.53 Å². The number of allylic oxidation sites excluding steroid dienone is 1. The maximum Gasteiger partial charge on any atom is 0.333 e. The number of carbonyl (C=O) groups is 1. The Labute approximate surface area is 128 Å². The molecular weight excluding hydrogens is 264 g/mol. The zero-order valence-corrected chi connectivity index (χ0v) is 13.2. The first-order valence-electron chi connectivity index (χ1n) is 8.22. The second kappa shape index (κ2) is 8.11. The summed E-state index contributed by atoms with van der Waals surface area (Å²) in [5.41, 5.74) is 1.94. The van der Waals surface area contributed by atoms with Crippen molar-refractivity contribution in [2.75, 3.05) is 13.2 Å². The van der Waals surface area contributed by atoms with Crippen LogP contribution in [-0.2, 0) is 9.53 Å². The van der Waals surface area contributed by atoms with E-state index in [9.17, 15) is 4.79 Å². The molecule has 0 aromatic carbocycles. The summed E-state index contributed by atoms with van der Waals surface area (Å²) in [5.74, 6) is 0.884. The summed E-state index contributed by atoms with van der Waals surface area (Å²) in [4.78, 5) is 11.3. The summed E-state index contributed by atoms with van der Waals surface area (Å²) in [7, 11) is 0. The van der Waals surface area contributed by atoms with Crippen LogP contribution in [0.2, 0.25) is 0 Å². The molecule has 0 heterocycles. The lowest BCUT2D eigenvalue weighted by Crippen LogP contribution is -2.39. The molecule has 118 valence electrons. The van der Waals surface area contributed by atoms with E-state index in [1.165, 1.54) is 62.8 Å². The van der Waals surface area contributed by atoms with Crippen LogP contribution in [-0.4, -0.2) is 25.2 Å². The van der Waals surface area contributed by atoms with E-state index in [1.54, 1.807) is 6.92 Å². The van der Waals surface area contributed by atoms with Crippen molar-refractivity contribution in [1.82, 2.24) is 10.6 Å². The van der Waals surface area contributed by atoms with Gasteiger partial charge < -0.3 is 15.4 Å². The van der Waals surface area contributed by atoms with E-state index in [-0.39, 0.29) is 5.97 Å². The normalized spacial score (nSPS) is 18.6. The van der Waals surface area contributed by atoms with Crippen molar-refractivity contribution in [2.24, 2.45) is 0 Å². The van der Waals surface area contributed by atoms with Crippen molar-refractivity contribution in [3.8, 4) is 0 Å². The van der Waals surface area contributed by atoms with E-state index in [0.29, 0.717) is 24.8 Å². The quantitative estimate of drug-likeness (QED) is 0.430. The lowest BCUT2D eigenvalue weighted by Gasteiger charge is -2.30. The highest BCUT2D eigenvalue weighted by atomic mass is 16.5. The summed E-state index contributed by atoms with van der Waals surface area (Å²) in [5, 5.41) is 7.10. The monoisotopic (exact) mass is 292 g/mol. The SMILES string of the molecule is C=C(C)C(=O)OCCNC(NC1CCCCC1)=C1CCC1. The molecule has 0 radical (unpaired) electrons. The standard InChI is InChI=1S/C17H28N2O2/c1-13(2)17(20)21-12-11-18-16(14-7-6-8-14)19-15-9-4-3-5-10-15/h15,18-19H,1,3-12H2,2H3. The Morgan fingerprint density at radius 1 is 1.24 bits per heavy atom. The molecule has 0 amide bonds. The van der Waals surface area contributed by atoms with Gasteiger partial charge in [-0.25, -0.2) is 4.79 Å². The third-order valence-electron chi connectivity index (χ3n) is 4.25. The van der Waals surface area contributed by atoms with Gasteiger partial charge in [0.2, 0.25) is 0 Å². The molecule has 0 unspecified atom stereocenters. The predicted molar refractivity (Wildman–Crippen MR) is 84.7 cm³/mol. The number of rotatable bonds is 7. The molecule has 0 saturated heterocycles. The number of hydrogen-bond donors (Lipinski definition) is 2. The molecule has 0 bridgehead atoms. The average Bonchev–Trinajstić information content (AvgIpc) is 2.42. The van der Waals surface area contributed by atoms with Crippen LogP contribution in [0.15, 0.2) is 23.5 Å². The first-order chi connectivity index (χ1) is 10.2. The van der Waals surface area contributed by atoms with Crippen molar-refractivity contribution in [3.63, 3.8) is 0 Å². The minimum Gasteiger partial charge on any atom is -0.460 e. The highest BCUT2D eigenvalue weighted by Gasteiger charge is 2.19. The highest BCUT2D eigenvalue weighted by Crippen LogP contribution is 2.28. The first-order valence-corrected chi connectivity index (χ1v) is 8.22. The van der Waals surface area contributed by atoms with Crippen LogP contribution in [0.1, 0.15) is 58.3 Å². The van der Waals surface area contributed by atoms with Gasteiger partial charge in [0.15, 0.2) is 0 Å². The van der Waals surface area contributed by atoms with Gasteiger partial charge in [-0.1, -0.05) is 25.8 Å². The van der Waals surface area contributed by atoms with E-state index in [0.717, 1.165) is 0 Å². The molecule has 0 atom stereocenters. The molecule has 21 heavy (non-hydrogen) atoms. The Morgan fingerprint density at radius 2 is 1.95 bits per heavy atom. The molecule has 2 rings (SSSR count). The fourth-order valence-corrected chi connectivity index (χ4v) is 2.78. The second-order valence-corrected chi connectivity index (χ2v) is 6.15. The zero-order valence-electron chi connectivity index (χ0n) is 13.2. The van der Waals surface area contributed by atoms with Gasteiger partial charge in [-0.05, 0) is 44.6 Å². The van der Waals surface area contributed by atoms with Gasteiger partial charge in [0.1, 0.15) is 6.61 Å². The Hall–Kier alpha value is -1.45. The number of ether oxygens (including phenoxy) is 1. The molecule has 0 aliphatic heterocycles. The van der Waals surface area contributed by atoms with Crippen LogP contribution in [0.25, 0.3) is 0 Å². The summed E-state index contributed by atoms with van der Waals surface area (Å²) < 4.78 is 5.12.